The third-order valence-electron chi connectivity index (χ3n) is 5.49. The Morgan fingerprint density at radius 3 is 2.72 bits per heavy atom. The van der Waals surface area contributed by atoms with E-state index in [9.17, 15) is 14.0 Å². The van der Waals surface area contributed by atoms with Gasteiger partial charge < -0.3 is 14.8 Å². The smallest absolute Gasteiger partial charge is 0.255 e. The number of nitrogens with zero attached hydrogens (tertiary/aromatic N) is 2. The van der Waals surface area contributed by atoms with Gasteiger partial charge in [0.1, 0.15) is 17.9 Å². The van der Waals surface area contributed by atoms with E-state index >= 15 is 0 Å². The van der Waals surface area contributed by atoms with Crippen LogP contribution >= 0.6 is 0 Å². The standard InChI is InChI=1S/C22H22FN3O3/c1-29-21-11-19-16(12-26(25-19)18-7-5-14(13-27)6-8-18)10-20(21)24-22(28)15-3-2-4-17(23)9-15/h2-4,9-14,18H,5-8H2,1H3,(H,24,28)/t14-,18-. The SMILES string of the molecule is COc1cc2nn([C@H]3CC[C@H](C=O)CC3)cc2cc1NC(=O)c1cccc(F)c1. The summed E-state index contributed by atoms with van der Waals surface area (Å²) in [5.41, 5.74) is 1.50. The lowest BCUT2D eigenvalue weighted by Gasteiger charge is -2.25. The van der Waals surface area contributed by atoms with Crippen LogP contribution in [0, 0.1) is 11.7 Å². The molecule has 0 unspecified atom stereocenters. The molecule has 6 nitrogen and oxygen atoms in total. The Hall–Kier alpha value is -3.22. The summed E-state index contributed by atoms with van der Waals surface area (Å²) in [7, 11) is 1.52. The molecular formula is C22H22FN3O3. The zero-order valence-electron chi connectivity index (χ0n) is 16.1. The highest BCUT2D eigenvalue weighted by atomic mass is 19.1. The lowest BCUT2D eigenvalue weighted by molar-refractivity contribution is -0.112. The van der Waals surface area contributed by atoms with Gasteiger partial charge in [0, 0.05) is 29.1 Å². The number of carbonyl (C=O) groups is 2. The molecule has 1 aromatic heterocycles. The second-order valence-electron chi connectivity index (χ2n) is 7.39. The summed E-state index contributed by atoms with van der Waals surface area (Å²) < 4.78 is 20.8. The molecule has 0 bridgehead atoms. The molecule has 1 N–H and O–H groups in total. The Labute approximate surface area is 167 Å². The number of aromatic nitrogens is 2. The number of methoxy groups -OCH3 is 1. The summed E-state index contributed by atoms with van der Waals surface area (Å²) in [5, 5.41) is 8.34. The van der Waals surface area contributed by atoms with Gasteiger partial charge in [-0.05, 0) is 49.9 Å². The van der Waals surface area contributed by atoms with Crippen molar-refractivity contribution in [2.24, 2.45) is 5.92 Å². The zero-order valence-corrected chi connectivity index (χ0v) is 16.1. The van der Waals surface area contributed by atoms with E-state index in [1.165, 1.54) is 25.3 Å². The summed E-state index contributed by atoms with van der Waals surface area (Å²) >= 11 is 0. The predicted octanol–water partition coefficient (Wildman–Crippen LogP) is 4.37. The number of carbonyl (C=O) groups excluding carboxylic acids is 2. The highest BCUT2D eigenvalue weighted by molar-refractivity contribution is 6.06. The second-order valence-corrected chi connectivity index (χ2v) is 7.39. The largest absolute Gasteiger partial charge is 0.494 e. The van der Waals surface area contributed by atoms with E-state index in [4.69, 9.17) is 4.74 Å². The molecule has 4 rings (SSSR count). The maximum atomic E-state index is 13.4. The van der Waals surface area contributed by atoms with E-state index in [1.54, 1.807) is 12.1 Å². The van der Waals surface area contributed by atoms with Crippen LogP contribution in [0.5, 0.6) is 5.75 Å². The van der Waals surface area contributed by atoms with E-state index in [2.05, 4.69) is 10.4 Å². The Bertz CT molecular complexity index is 1050. The Morgan fingerprint density at radius 1 is 1.24 bits per heavy atom. The summed E-state index contributed by atoms with van der Waals surface area (Å²) in [6.07, 6.45) is 6.59. The van der Waals surface area contributed by atoms with Crippen molar-refractivity contribution in [2.45, 2.75) is 31.7 Å². The molecule has 1 amide bonds. The van der Waals surface area contributed by atoms with Gasteiger partial charge >= 0.3 is 0 Å². The van der Waals surface area contributed by atoms with Crippen molar-refractivity contribution in [2.75, 3.05) is 12.4 Å². The molecule has 0 saturated heterocycles. The summed E-state index contributed by atoms with van der Waals surface area (Å²) in [6, 6.07) is 9.38. The first kappa shape index (κ1) is 19.1. The van der Waals surface area contributed by atoms with Crippen LogP contribution in [0.1, 0.15) is 42.1 Å². The van der Waals surface area contributed by atoms with Crippen molar-refractivity contribution in [3.05, 3.63) is 54.0 Å². The van der Waals surface area contributed by atoms with Gasteiger partial charge in [0.25, 0.3) is 5.91 Å². The van der Waals surface area contributed by atoms with Gasteiger partial charge in [-0.3, -0.25) is 9.48 Å². The second kappa shape index (κ2) is 8.03. The molecule has 3 aromatic rings. The van der Waals surface area contributed by atoms with Crippen LogP contribution in [0.25, 0.3) is 10.9 Å². The first-order valence-electron chi connectivity index (χ1n) is 9.66. The van der Waals surface area contributed by atoms with Crippen LogP contribution < -0.4 is 10.1 Å². The maximum absolute atomic E-state index is 13.4. The Balaban J connectivity index is 1.60. The molecular weight excluding hydrogens is 373 g/mol. The van der Waals surface area contributed by atoms with Crippen LogP contribution in [0.3, 0.4) is 0 Å². The van der Waals surface area contributed by atoms with Gasteiger partial charge in [0.15, 0.2) is 0 Å². The van der Waals surface area contributed by atoms with Gasteiger partial charge in [-0.1, -0.05) is 6.07 Å². The van der Waals surface area contributed by atoms with E-state index < -0.39 is 11.7 Å². The van der Waals surface area contributed by atoms with Crippen molar-refractivity contribution in [3.63, 3.8) is 0 Å². The third-order valence-corrected chi connectivity index (χ3v) is 5.49. The van der Waals surface area contributed by atoms with Gasteiger partial charge in [0.05, 0.1) is 24.4 Å². The average Bonchev–Trinajstić information content (AvgIpc) is 3.16. The fraction of sp³-hybridized carbons (Fsp3) is 0.318. The van der Waals surface area contributed by atoms with Crippen LogP contribution in [0.2, 0.25) is 0 Å². The van der Waals surface area contributed by atoms with E-state index in [0.29, 0.717) is 11.4 Å². The number of amides is 1. The average molecular weight is 395 g/mol. The Morgan fingerprint density at radius 2 is 2.03 bits per heavy atom. The van der Waals surface area contributed by atoms with Gasteiger partial charge in [-0.2, -0.15) is 5.10 Å². The topological polar surface area (TPSA) is 73.2 Å². The minimum Gasteiger partial charge on any atom is -0.494 e. The van der Waals surface area contributed by atoms with Crippen LogP contribution in [-0.4, -0.2) is 29.1 Å². The molecule has 0 atom stereocenters. The first-order valence-corrected chi connectivity index (χ1v) is 9.66. The monoisotopic (exact) mass is 395 g/mol. The molecule has 7 heteroatoms. The number of benzene rings is 2. The lowest BCUT2D eigenvalue weighted by atomic mass is 9.87. The molecule has 0 radical (unpaired) electrons. The zero-order chi connectivity index (χ0) is 20.4. The molecule has 1 saturated carbocycles. The van der Waals surface area contributed by atoms with E-state index in [1.807, 2.05) is 16.9 Å². The number of aldehydes is 1. The van der Waals surface area contributed by atoms with Crippen molar-refractivity contribution in [1.29, 1.82) is 0 Å². The minimum atomic E-state index is -0.467. The molecule has 150 valence electrons. The van der Waals surface area contributed by atoms with Crippen LogP contribution in [-0.2, 0) is 4.79 Å². The molecule has 1 aliphatic rings. The quantitative estimate of drug-likeness (QED) is 0.651. The Kier molecular flexibility index (Phi) is 5.29. The summed E-state index contributed by atoms with van der Waals surface area (Å²) in [5.74, 6) is -0.245. The highest BCUT2D eigenvalue weighted by Crippen LogP contribution is 2.34. The number of anilines is 1. The van der Waals surface area contributed by atoms with Crippen molar-refractivity contribution < 1.29 is 18.7 Å². The van der Waals surface area contributed by atoms with Gasteiger partial charge in [-0.15, -0.1) is 0 Å². The minimum absolute atomic E-state index is 0.154. The summed E-state index contributed by atoms with van der Waals surface area (Å²) in [4.78, 5) is 23.5. The van der Waals surface area contributed by atoms with Crippen molar-refractivity contribution in [3.8, 4) is 5.75 Å². The third kappa shape index (κ3) is 3.99. The molecule has 1 fully saturated rings. The molecule has 2 aromatic carbocycles. The number of fused-ring (bicyclic) bond motifs is 1. The van der Waals surface area contributed by atoms with Gasteiger partial charge in [0.2, 0.25) is 0 Å². The van der Waals surface area contributed by atoms with E-state index in [0.717, 1.165) is 42.9 Å². The first-order chi connectivity index (χ1) is 14.1. The molecule has 0 spiro atoms. The van der Waals surface area contributed by atoms with Crippen LogP contribution in [0.15, 0.2) is 42.6 Å². The van der Waals surface area contributed by atoms with E-state index in [-0.39, 0.29) is 17.5 Å². The molecule has 29 heavy (non-hydrogen) atoms. The number of hydrogen-bond donors (Lipinski definition) is 1. The molecule has 1 heterocycles. The van der Waals surface area contributed by atoms with Crippen molar-refractivity contribution >= 4 is 28.8 Å². The number of rotatable bonds is 5. The number of ether oxygens (including phenoxy) is 1. The highest BCUT2D eigenvalue weighted by Gasteiger charge is 2.23. The molecule has 1 aliphatic carbocycles. The molecule has 0 aliphatic heterocycles. The van der Waals surface area contributed by atoms with Crippen LogP contribution in [0.4, 0.5) is 10.1 Å². The summed E-state index contributed by atoms with van der Waals surface area (Å²) in [6.45, 7) is 0. The normalized spacial score (nSPS) is 19.1. The number of nitrogens with one attached hydrogen (secondary N) is 1. The van der Waals surface area contributed by atoms with Gasteiger partial charge in [-0.25, -0.2) is 4.39 Å². The number of hydrogen-bond acceptors (Lipinski definition) is 4. The fourth-order valence-corrected chi connectivity index (χ4v) is 3.85. The maximum Gasteiger partial charge on any atom is 0.255 e. The predicted molar refractivity (Wildman–Crippen MR) is 108 cm³/mol. The van der Waals surface area contributed by atoms with Crippen molar-refractivity contribution in [1.82, 2.24) is 9.78 Å². The lowest BCUT2D eigenvalue weighted by Crippen LogP contribution is -2.19. The number of halogens is 1. The fourth-order valence-electron chi connectivity index (χ4n) is 3.85.